The normalized spacial score (nSPS) is 24.9. The van der Waals surface area contributed by atoms with Crippen LogP contribution >= 0.6 is 11.6 Å². The molecule has 1 aliphatic carbocycles. The Morgan fingerprint density at radius 2 is 1.80 bits per heavy atom. The molecular formula is C17H15ClO2. The molecule has 3 heteroatoms. The summed E-state index contributed by atoms with van der Waals surface area (Å²) in [7, 11) is 0. The predicted molar refractivity (Wildman–Crippen MR) is 79.2 cm³/mol. The standard InChI is InChI=1S/C17H15ClO2/c18-15-8-4-7-14(9-15)17(16(19)20)10-13(11-17)12-5-2-1-3-6-12/h1-9,13H,10-11H2,(H,19,20). The molecule has 2 nitrogen and oxygen atoms in total. The van der Waals surface area contributed by atoms with Crippen LogP contribution in [0.5, 0.6) is 0 Å². The van der Waals surface area contributed by atoms with Crippen molar-refractivity contribution >= 4 is 17.6 Å². The minimum absolute atomic E-state index is 0.311. The number of carboxylic acids is 1. The number of carboxylic acid groups (broad SMARTS) is 1. The molecule has 20 heavy (non-hydrogen) atoms. The predicted octanol–water partition coefficient (Wildman–Crippen LogP) is 4.24. The lowest BCUT2D eigenvalue weighted by Crippen LogP contribution is -2.46. The molecule has 0 unspecified atom stereocenters. The van der Waals surface area contributed by atoms with E-state index in [0.29, 0.717) is 23.8 Å². The monoisotopic (exact) mass is 286 g/mol. The molecule has 2 aromatic carbocycles. The summed E-state index contributed by atoms with van der Waals surface area (Å²) in [5.41, 5.74) is 1.24. The van der Waals surface area contributed by atoms with Gasteiger partial charge in [0.05, 0.1) is 5.41 Å². The molecule has 0 aliphatic heterocycles. The Morgan fingerprint density at radius 1 is 1.10 bits per heavy atom. The van der Waals surface area contributed by atoms with Gasteiger partial charge in [0, 0.05) is 5.02 Å². The Hall–Kier alpha value is -1.80. The van der Waals surface area contributed by atoms with Gasteiger partial charge in [-0.25, -0.2) is 0 Å². The molecule has 0 aromatic heterocycles. The van der Waals surface area contributed by atoms with Crippen LogP contribution in [0.25, 0.3) is 0 Å². The van der Waals surface area contributed by atoms with Crippen molar-refractivity contribution in [2.75, 3.05) is 0 Å². The molecule has 0 amide bonds. The molecule has 1 aliphatic rings. The van der Waals surface area contributed by atoms with Crippen LogP contribution in [0, 0.1) is 0 Å². The number of halogens is 1. The minimum Gasteiger partial charge on any atom is -0.481 e. The summed E-state index contributed by atoms with van der Waals surface area (Å²) in [6.45, 7) is 0. The van der Waals surface area contributed by atoms with Crippen LogP contribution in [0.3, 0.4) is 0 Å². The van der Waals surface area contributed by atoms with Crippen LogP contribution < -0.4 is 0 Å². The lowest BCUT2D eigenvalue weighted by molar-refractivity contribution is -0.148. The van der Waals surface area contributed by atoms with Gasteiger partial charge >= 0.3 is 5.97 Å². The highest BCUT2D eigenvalue weighted by atomic mass is 35.5. The fraction of sp³-hybridized carbons (Fsp3) is 0.235. The molecule has 1 N–H and O–H groups in total. The highest BCUT2D eigenvalue weighted by Gasteiger charge is 2.52. The van der Waals surface area contributed by atoms with E-state index in [1.54, 1.807) is 12.1 Å². The molecule has 1 saturated carbocycles. The van der Waals surface area contributed by atoms with Crippen molar-refractivity contribution in [3.63, 3.8) is 0 Å². The second kappa shape index (κ2) is 4.95. The quantitative estimate of drug-likeness (QED) is 0.916. The zero-order valence-corrected chi connectivity index (χ0v) is 11.7. The van der Waals surface area contributed by atoms with Crippen LogP contribution in [0.1, 0.15) is 29.9 Å². The van der Waals surface area contributed by atoms with Crippen LogP contribution in [-0.2, 0) is 10.2 Å². The maximum atomic E-state index is 11.7. The van der Waals surface area contributed by atoms with Crippen molar-refractivity contribution in [3.8, 4) is 0 Å². The van der Waals surface area contributed by atoms with Crippen LogP contribution in [-0.4, -0.2) is 11.1 Å². The number of hydrogen-bond acceptors (Lipinski definition) is 1. The summed E-state index contributed by atoms with van der Waals surface area (Å²) in [6.07, 6.45) is 1.26. The van der Waals surface area contributed by atoms with Gasteiger partial charge in [0.1, 0.15) is 0 Å². The molecule has 2 aromatic rings. The van der Waals surface area contributed by atoms with E-state index < -0.39 is 11.4 Å². The van der Waals surface area contributed by atoms with Gasteiger partial charge in [0.25, 0.3) is 0 Å². The molecule has 0 radical (unpaired) electrons. The molecule has 0 heterocycles. The summed E-state index contributed by atoms with van der Waals surface area (Å²) in [4.78, 5) is 11.7. The first-order valence-corrected chi connectivity index (χ1v) is 7.04. The summed E-state index contributed by atoms with van der Waals surface area (Å²) in [5, 5.41) is 10.2. The van der Waals surface area contributed by atoms with Gasteiger partial charge in [0.2, 0.25) is 0 Å². The van der Waals surface area contributed by atoms with E-state index in [1.807, 2.05) is 30.3 Å². The van der Waals surface area contributed by atoms with Crippen LogP contribution in [0.2, 0.25) is 5.02 Å². The highest BCUT2D eigenvalue weighted by molar-refractivity contribution is 6.30. The number of rotatable bonds is 3. The fourth-order valence-electron chi connectivity index (χ4n) is 3.06. The molecule has 102 valence electrons. The SMILES string of the molecule is O=C(O)C1(c2cccc(Cl)c2)CC(c2ccccc2)C1. The van der Waals surface area contributed by atoms with Gasteiger partial charge in [-0.1, -0.05) is 54.1 Å². The molecule has 0 bridgehead atoms. The number of aliphatic carboxylic acids is 1. The molecule has 1 fully saturated rings. The molecule has 3 rings (SSSR count). The van der Waals surface area contributed by atoms with E-state index in [1.165, 1.54) is 5.56 Å². The second-order valence-corrected chi connectivity index (χ2v) is 5.85. The number of carbonyl (C=O) groups is 1. The van der Waals surface area contributed by atoms with Gasteiger partial charge in [-0.3, -0.25) is 4.79 Å². The fourth-order valence-corrected chi connectivity index (χ4v) is 3.25. The van der Waals surface area contributed by atoms with Crippen molar-refractivity contribution in [2.45, 2.75) is 24.2 Å². The molecule has 0 atom stereocenters. The van der Waals surface area contributed by atoms with Crippen LogP contribution in [0.4, 0.5) is 0 Å². The van der Waals surface area contributed by atoms with Gasteiger partial charge in [-0.05, 0) is 42.0 Å². The summed E-state index contributed by atoms with van der Waals surface area (Å²) < 4.78 is 0. The zero-order chi connectivity index (χ0) is 14.2. The first-order valence-electron chi connectivity index (χ1n) is 6.66. The van der Waals surface area contributed by atoms with Crippen molar-refractivity contribution in [1.82, 2.24) is 0 Å². The van der Waals surface area contributed by atoms with Crippen molar-refractivity contribution in [3.05, 3.63) is 70.7 Å². The second-order valence-electron chi connectivity index (χ2n) is 5.41. The summed E-state index contributed by atoms with van der Waals surface area (Å²) >= 11 is 6.00. The molecular weight excluding hydrogens is 272 g/mol. The Morgan fingerprint density at radius 3 is 2.40 bits per heavy atom. The molecule has 0 spiro atoms. The van der Waals surface area contributed by atoms with Gasteiger partial charge in [0.15, 0.2) is 0 Å². The van der Waals surface area contributed by atoms with Crippen molar-refractivity contribution in [1.29, 1.82) is 0 Å². The van der Waals surface area contributed by atoms with E-state index in [2.05, 4.69) is 12.1 Å². The Kier molecular flexibility index (Phi) is 3.27. The molecule has 0 saturated heterocycles. The highest BCUT2D eigenvalue weighted by Crippen LogP contribution is 2.53. The lowest BCUT2D eigenvalue weighted by atomic mass is 9.57. The number of benzene rings is 2. The van der Waals surface area contributed by atoms with E-state index in [9.17, 15) is 9.90 Å². The largest absolute Gasteiger partial charge is 0.481 e. The third-order valence-corrected chi connectivity index (χ3v) is 4.48. The van der Waals surface area contributed by atoms with E-state index in [0.717, 1.165) is 5.56 Å². The average molecular weight is 287 g/mol. The smallest absolute Gasteiger partial charge is 0.314 e. The summed E-state index contributed by atoms with van der Waals surface area (Å²) in [6, 6.07) is 17.3. The Balaban J connectivity index is 1.89. The van der Waals surface area contributed by atoms with Gasteiger partial charge < -0.3 is 5.11 Å². The minimum atomic E-state index is -0.786. The van der Waals surface area contributed by atoms with E-state index in [-0.39, 0.29) is 0 Å². The van der Waals surface area contributed by atoms with E-state index >= 15 is 0 Å². The first-order chi connectivity index (χ1) is 9.62. The maximum Gasteiger partial charge on any atom is 0.314 e. The van der Waals surface area contributed by atoms with Crippen molar-refractivity contribution in [2.24, 2.45) is 0 Å². The van der Waals surface area contributed by atoms with Crippen molar-refractivity contribution < 1.29 is 9.90 Å². The Labute approximate surface area is 123 Å². The third kappa shape index (κ3) is 2.10. The topological polar surface area (TPSA) is 37.3 Å². The number of hydrogen-bond donors (Lipinski definition) is 1. The third-order valence-electron chi connectivity index (χ3n) is 4.25. The van der Waals surface area contributed by atoms with Gasteiger partial charge in [-0.2, -0.15) is 0 Å². The average Bonchev–Trinajstić information content (AvgIpc) is 2.38. The lowest BCUT2D eigenvalue weighted by Gasteiger charge is -2.45. The summed E-state index contributed by atoms with van der Waals surface area (Å²) in [5.74, 6) is -0.446. The Bertz CT molecular complexity index is 630. The van der Waals surface area contributed by atoms with Crippen LogP contribution in [0.15, 0.2) is 54.6 Å². The first kappa shape index (κ1) is 13.2. The zero-order valence-electron chi connectivity index (χ0n) is 10.9. The van der Waals surface area contributed by atoms with E-state index in [4.69, 9.17) is 11.6 Å². The van der Waals surface area contributed by atoms with Gasteiger partial charge in [-0.15, -0.1) is 0 Å². The maximum absolute atomic E-state index is 11.7.